The second kappa shape index (κ2) is 7.24. The smallest absolute Gasteiger partial charge is 0.0176 e. The van der Waals surface area contributed by atoms with Crippen molar-refractivity contribution in [2.45, 2.75) is 38.5 Å². The molecule has 0 bridgehead atoms. The fourth-order valence-corrected chi connectivity index (χ4v) is 3.45. The van der Waals surface area contributed by atoms with Gasteiger partial charge in [0.15, 0.2) is 0 Å². The Kier molecular flexibility index (Phi) is 5.62. The average Bonchev–Trinajstić information content (AvgIpc) is 2.65. The zero-order chi connectivity index (χ0) is 14.4. The van der Waals surface area contributed by atoms with Gasteiger partial charge in [-0.1, -0.05) is 44.2 Å². The number of hydrogen-bond acceptors (Lipinski definition) is 2. The van der Waals surface area contributed by atoms with Crippen LogP contribution in [-0.4, -0.2) is 38.1 Å². The predicted molar refractivity (Wildman–Crippen MR) is 87.2 cm³/mol. The summed E-state index contributed by atoms with van der Waals surface area (Å²) < 4.78 is 0. The Bertz CT molecular complexity index is 390. The van der Waals surface area contributed by atoms with Gasteiger partial charge >= 0.3 is 0 Å². The molecule has 1 saturated heterocycles. The number of nitrogens with one attached hydrogen (secondary N) is 1. The number of likely N-dealkylation sites (N-methyl/N-ethyl adjacent to an activating group) is 1. The first kappa shape index (κ1) is 15.5. The van der Waals surface area contributed by atoms with E-state index in [9.17, 15) is 0 Å². The van der Waals surface area contributed by atoms with Crippen LogP contribution in [0.4, 0.5) is 0 Å². The fraction of sp³-hybridized carbons (Fsp3) is 0.667. The molecule has 2 heteroatoms. The van der Waals surface area contributed by atoms with Crippen molar-refractivity contribution in [2.75, 3.05) is 33.2 Å². The van der Waals surface area contributed by atoms with E-state index in [1.165, 1.54) is 37.9 Å². The van der Waals surface area contributed by atoms with Crippen LogP contribution in [0.5, 0.6) is 0 Å². The van der Waals surface area contributed by atoms with Crippen LogP contribution in [0.1, 0.15) is 38.7 Å². The van der Waals surface area contributed by atoms with Gasteiger partial charge in [-0.15, -0.1) is 0 Å². The largest absolute Gasteiger partial charge is 0.319 e. The predicted octanol–water partition coefficient (Wildman–Crippen LogP) is 3.29. The molecule has 2 unspecified atom stereocenters. The van der Waals surface area contributed by atoms with Gasteiger partial charge < -0.3 is 10.2 Å². The van der Waals surface area contributed by atoms with Gasteiger partial charge in [-0.2, -0.15) is 0 Å². The molecule has 0 spiro atoms. The number of rotatable bonds is 5. The second-order valence-corrected chi connectivity index (χ2v) is 6.77. The second-order valence-electron chi connectivity index (χ2n) is 6.77. The molecule has 0 aliphatic carbocycles. The molecule has 1 aliphatic rings. The van der Waals surface area contributed by atoms with Gasteiger partial charge in [0.05, 0.1) is 0 Å². The molecule has 1 heterocycles. The van der Waals surface area contributed by atoms with E-state index in [0.717, 1.165) is 19.0 Å². The number of hydrogen-bond donors (Lipinski definition) is 1. The Morgan fingerprint density at radius 3 is 2.65 bits per heavy atom. The van der Waals surface area contributed by atoms with Crippen LogP contribution in [0.2, 0.25) is 0 Å². The third kappa shape index (κ3) is 4.07. The van der Waals surface area contributed by atoms with Gasteiger partial charge in [-0.25, -0.2) is 0 Å². The van der Waals surface area contributed by atoms with Crippen molar-refractivity contribution < 1.29 is 0 Å². The summed E-state index contributed by atoms with van der Waals surface area (Å²) in [5.41, 5.74) is 1.65. The van der Waals surface area contributed by atoms with E-state index < -0.39 is 0 Å². The maximum absolute atomic E-state index is 3.39. The summed E-state index contributed by atoms with van der Waals surface area (Å²) in [6.07, 6.45) is 4.10. The minimum atomic E-state index is 0.198. The molecule has 1 N–H and O–H groups in total. The fourth-order valence-electron chi connectivity index (χ4n) is 3.45. The Morgan fingerprint density at radius 2 is 1.95 bits per heavy atom. The zero-order valence-electron chi connectivity index (χ0n) is 13.4. The molecule has 20 heavy (non-hydrogen) atoms. The first-order valence-corrected chi connectivity index (χ1v) is 8.06. The minimum Gasteiger partial charge on any atom is -0.319 e. The van der Waals surface area contributed by atoms with Crippen LogP contribution in [0.25, 0.3) is 0 Å². The molecular formula is C18H30N2. The third-order valence-corrected chi connectivity index (χ3v) is 4.72. The van der Waals surface area contributed by atoms with Gasteiger partial charge in [-0.3, -0.25) is 0 Å². The van der Waals surface area contributed by atoms with Crippen molar-refractivity contribution in [3.63, 3.8) is 0 Å². The Labute approximate surface area is 124 Å². The van der Waals surface area contributed by atoms with E-state index in [0.29, 0.717) is 0 Å². The lowest BCUT2D eigenvalue weighted by Crippen LogP contribution is -2.45. The van der Waals surface area contributed by atoms with E-state index in [4.69, 9.17) is 0 Å². The van der Waals surface area contributed by atoms with E-state index in [1.54, 1.807) is 0 Å². The van der Waals surface area contributed by atoms with E-state index >= 15 is 0 Å². The quantitative estimate of drug-likeness (QED) is 0.886. The SMILES string of the molecule is CNCC(C)(CN1CCCC(C)CC1)c1ccccc1. The standard InChI is InChI=1S/C18H30N2/c1-16-8-7-12-20(13-11-16)15-18(2,14-19-3)17-9-5-4-6-10-17/h4-6,9-10,16,19H,7-8,11-15H2,1-3H3. The topological polar surface area (TPSA) is 15.3 Å². The van der Waals surface area contributed by atoms with Gasteiger partial charge in [0.25, 0.3) is 0 Å². The zero-order valence-corrected chi connectivity index (χ0v) is 13.4. The Hall–Kier alpha value is -0.860. The van der Waals surface area contributed by atoms with Crippen LogP contribution in [-0.2, 0) is 5.41 Å². The van der Waals surface area contributed by atoms with Gasteiger partial charge in [0.2, 0.25) is 0 Å². The summed E-state index contributed by atoms with van der Waals surface area (Å²) in [5, 5.41) is 3.39. The summed E-state index contributed by atoms with van der Waals surface area (Å²) in [6, 6.07) is 11.0. The van der Waals surface area contributed by atoms with E-state index in [-0.39, 0.29) is 5.41 Å². The summed E-state index contributed by atoms with van der Waals surface area (Å²) in [5.74, 6) is 0.896. The number of nitrogens with zero attached hydrogens (tertiary/aromatic N) is 1. The van der Waals surface area contributed by atoms with Crippen LogP contribution in [0, 0.1) is 5.92 Å². The molecule has 2 rings (SSSR count). The molecule has 2 nitrogen and oxygen atoms in total. The van der Waals surface area contributed by atoms with E-state index in [1.807, 2.05) is 0 Å². The third-order valence-electron chi connectivity index (χ3n) is 4.72. The Balaban J connectivity index is 2.08. The first-order chi connectivity index (χ1) is 9.64. The highest BCUT2D eigenvalue weighted by atomic mass is 15.1. The molecule has 1 aliphatic heterocycles. The number of likely N-dealkylation sites (tertiary alicyclic amines) is 1. The van der Waals surface area contributed by atoms with Crippen LogP contribution >= 0.6 is 0 Å². The van der Waals surface area contributed by atoms with Gasteiger partial charge in [0, 0.05) is 18.5 Å². The van der Waals surface area contributed by atoms with Crippen molar-refractivity contribution in [3.8, 4) is 0 Å². The summed E-state index contributed by atoms with van der Waals surface area (Å²) in [4.78, 5) is 2.67. The first-order valence-electron chi connectivity index (χ1n) is 8.06. The van der Waals surface area contributed by atoms with Crippen molar-refractivity contribution in [1.82, 2.24) is 10.2 Å². The van der Waals surface area contributed by atoms with Crippen molar-refractivity contribution >= 4 is 0 Å². The highest BCUT2D eigenvalue weighted by Crippen LogP contribution is 2.26. The molecular weight excluding hydrogens is 244 g/mol. The van der Waals surface area contributed by atoms with E-state index in [2.05, 4.69) is 61.4 Å². The maximum atomic E-state index is 3.39. The molecule has 0 amide bonds. The molecule has 2 atom stereocenters. The van der Waals surface area contributed by atoms with Crippen molar-refractivity contribution in [3.05, 3.63) is 35.9 Å². The van der Waals surface area contributed by atoms with Crippen LogP contribution < -0.4 is 5.32 Å². The molecule has 112 valence electrons. The molecule has 1 fully saturated rings. The lowest BCUT2D eigenvalue weighted by molar-refractivity contribution is 0.217. The summed E-state index contributed by atoms with van der Waals surface area (Å²) in [7, 11) is 2.06. The molecule has 1 aromatic carbocycles. The van der Waals surface area contributed by atoms with Crippen LogP contribution in [0.15, 0.2) is 30.3 Å². The lowest BCUT2D eigenvalue weighted by Gasteiger charge is -2.35. The van der Waals surface area contributed by atoms with Gasteiger partial charge in [-0.05, 0) is 50.9 Å². The molecule has 0 aromatic heterocycles. The normalized spacial score (nSPS) is 24.1. The lowest BCUT2D eigenvalue weighted by atomic mass is 9.81. The monoisotopic (exact) mass is 274 g/mol. The highest BCUT2D eigenvalue weighted by molar-refractivity contribution is 5.25. The van der Waals surface area contributed by atoms with Gasteiger partial charge in [0.1, 0.15) is 0 Å². The molecule has 1 aromatic rings. The van der Waals surface area contributed by atoms with Crippen molar-refractivity contribution in [2.24, 2.45) is 5.92 Å². The summed E-state index contributed by atoms with van der Waals surface area (Å²) in [6.45, 7) is 9.50. The maximum Gasteiger partial charge on any atom is 0.0176 e. The number of benzene rings is 1. The molecule has 0 saturated carbocycles. The Morgan fingerprint density at radius 1 is 1.20 bits per heavy atom. The highest BCUT2D eigenvalue weighted by Gasteiger charge is 2.29. The van der Waals surface area contributed by atoms with Crippen LogP contribution in [0.3, 0.4) is 0 Å². The summed E-state index contributed by atoms with van der Waals surface area (Å²) >= 11 is 0. The van der Waals surface area contributed by atoms with Crippen molar-refractivity contribution in [1.29, 1.82) is 0 Å². The average molecular weight is 274 g/mol. The molecule has 0 radical (unpaired) electrons. The minimum absolute atomic E-state index is 0.198.